The third kappa shape index (κ3) is 3.90. The number of aliphatic hydroxyl groups is 1. The molecule has 4 rings (SSSR count). The van der Waals surface area contributed by atoms with Crippen LogP contribution in [0.2, 0.25) is 0 Å². The second-order valence-corrected chi connectivity index (χ2v) is 7.53. The molecule has 0 saturated heterocycles. The van der Waals surface area contributed by atoms with E-state index in [2.05, 4.69) is 16.3 Å². The zero-order valence-corrected chi connectivity index (χ0v) is 16.5. The number of benzene rings is 2. The van der Waals surface area contributed by atoms with Crippen molar-refractivity contribution in [2.24, 2.45) is 7.05 Å². The Kier molecular flexibility index (Phi) is 5.36. The molecule has 0 bridgehead atoms. The molecule has 1 N–H and O–H groups in total. The Labute approximate surface area is 167 Å². The number of aryl methyl sites for hydroxylation is 1. The predicted octanol–water partition coefficient (Wildman–Crippen LogP) is 4.07. The predicted molar refractivity (Wildman–Crippen MR) is 110 cm³/mol. The van der Waals surface area contributed by atoms with Gasteiger partial charge in [-0.25, -0.2) is 0 Å². The topological polar surface area (TPSA) is 73.3 Å². The molecule has 144 valence electrons. The lowest BCUT2D eigenvalue weighted by Crippen LogP contribution is -2.20. The Morgan fingerprint density at radius 2 is 1.96 bits per heavy atom. The molecule has 0 saturated carbocycles. The van der Waals surface area contributed by atoms with Gasteiger partial charge in [0.25, 0.3) is 0 Å². The van der Waals surface area contributed by atoms with Gasteiger partial charge in [0.1, 0.15) is 18.1 Å². The maximum absolute atomic E-state index is 10.3. The van der Waals surface area contributed by atoms with E-state index >= 15 is 0 Å². The van der Waals surface area contributed by atoms with Gasteiger partial charge in [0, 0.05) is 12.8 Å². The van der Waals surface area contributed by atoms with Crippen LogP contribution in [0.5, 0.6) is 5.75 Å². The zero-order valence-electron chi connectivity index (χ0n) is 15.7. The van der Waals surface area contributed by atoms with Crippen LogP contribution in [0, 0.1) is 6.92 Å². The minimum atomic E-state index is -0.618. The van der Waals surface area contributed by atoms with E-state index in [1.165, 1.54) is 11.8 Å². The average molecular weight is 395 g/mol. The maximum Gasteiger partial charge on any atom is 0.191 e. The van der Waals surface area contributed by atoms with Crippen LogP contribution >= 0.6 is 11.8 Å². The van der Waals surface area contributed by atoms with E-state index < -0.39 is 6.10 Å². The molecule has 7 heteroatoms. The van der Waals surface area contributed by atoms with Gasteiger partial charge in [-0.3, -0.25) is 0 Å². The smallest absolute Gasteiger partial charge is 0.191 e. The summed E-state index contributed by atoms with van der Waals surface area (Å²) < 4.78 is 13.0. The van der Waals surface area contributed by atoms with Crippen molar-refractivity contribution >= 4 is 22.5 Å². The van der Waals surface area contributed by atoms with E-state index in [4.69, 9.17) is 9.15 Å². The van der Waals surface area contributed by atoms with Gasteiger partial charge in [-0.2, -0.15) is 0 Å². The number of hydrogen-bond donors (Lipinski definition) is 1. The third-order valence-corrected chi connectivity index (χ3v) is 5.67. The molecule has 2 heterocycles. The molecular formula is C21H21N3O3S. The number of hydrogen-bond acceptors (Lipinski definition) is 6. The van der Waals surface area contributed by atoms with Crippen LogP contribution in [-0.4, -0.2) is 38.3 Å². The fourth-order valence-corrected chi connectivity index (χ4v) is 3.78. The second-order valence-electron chi connectivity index (χ2n) is 6.54. The van der Waals surface area contributed by atoms with Gasteiger partial charge >= 0.3 is 0 Å². The Bertz CT molecular complexity index is 1090. The summed E-state index contributed by atoms with van der Waals surface area (Å²) in [4.78, 5) is 0. The van der Waals surface area contributed by atoms with Crippen molar-refractivity contribution in [1.82, 2.24) is 14.8 Å². The van der Waals surface area contributed by atoms with Crippen LogP contribution in [0.15, 0.2) is 64.4 Å². The molecular weight excluding hydrogens is 374 g/mol. The number of ether oxygens (including phenoxy) is 1. The molecule has 0 aliphatic rings. The molecule has 0 radical (unpaired) electrons. The van der Waals surface area contributed by atoms with Gasteiger partial charge in [-0.15, -0.1) is 10.2 Å². The highest BCUT2D eigenvalue weighted by Gasteiger charge is 2.16. The fraction of sp³-hybridized carbons (Fsp3) is 0.238. The van der Waals surface area contributed by atoms with E-state index in [0.717, 1.165) is 38.8 Å². The highest BCUT2D eigenvalue weighted by molar-refractivity contribution is 7.99. The molecule has 28 heavy (non-hydrogen) atoms. The van der Waals surface area contributed by atoms with Crippen molar-refractivity contribution in [1.29, 1.82) is 0 Å². The zero-order chi connectivity index (χ0) is 19.5. The highest BCUT2D eigenvalue weighted by atomic mass is 32.2. The average Bonchev–Trinajstić information content (AvgIpc) is 3.29. The molecule has 2 aromatic heterocycles. The molecule has 1 unspecified atom stereocenters. The lowest BCUT2D eigenvalue weighted by Gasteiger charge is -2.12. The van der Waals surface area contributed by atoms with Crippen LogP contribution in [0.1, 0.15) is 5.76 Å². The summed E-state index contributed by atoms with van der Waals surface area (Å²) in [5, 5.41) is 21.8. The van der Waals surface area contributed by atoms with E-state index in [1.54, 1.807) is 6.26 Å². The Hall–Kier alpha value is -2.77. The van der Waals surface area contributed by atoms with Crippen molar-refractivity contribution < 1.29 is 14.3 Å². The first-order valence-electron chi connectivity index (χ1n) is 8.98. The summed E-state index contributed by atoms with van der Waals surface area (Å²) in [6, 6.07) is 15.9. The van der Waals surface area contributed by atoms with Crippen LogP contribution in [0.3, 0.4) is 0 Å². The first kappa shape index (κ1) is 18.6. The molecule has 1 atom stereocenters. The van der Waals surface area contributed by atoms with E-state index in [9.17, 15) is 5.11 Å². The van der Waals surface area contributed by atoms with Crippen LogP contribution in [0.4, 0.5) is 0 Å². The van der Waals surface area contributed by atoms with E-state index in [-0.39, 0.29) is 6.61 Å². The summed E-state index contributed by atoms with van der Waals surface area (Å²) in [5.41, 5.74) is 0.919. The molecule has 0 fully saturated rings. The highest BCUT2D eigenvalue weighted by Crippen LogP contribution is 2.26. The maximum atomic E-state index is 10.3. The summed E-state index contributed by atoms with van der Waals surface area (Å²) in [5.74, 6) is 2.76. The van der Waals surface area contributed by atoms with Gasteiger partial charge in [0.2, 0.25) is 0 Å². The third-order valence-electron chi connectivity index (χ3n) is 4.50. The van der Waals surface area contributed by atoms with Crippen LogP contribution < -0.4 is 4.74 Å². The minimum Gasteiger partial charge on any atom is -0.491 e. The number of aliphatic hydroxyl groups excluding tert-OH is 1. The van der Waals surface area contributed by atoms with Gasteiger partial charge in [0.05, 0.1) is 17.9 Å². The number of rotatable bonds is 7. The summed E-state index contributed by atoms with van der Waals surface area (Å²) >= 11 is 1.45. The lowest BCUT2D eigenvalue weighted by molar-refractivity contribution is 0.126. The number of nitrogens with zero attached hydrogens (tertiary/aromatic N) is 3. The monoisotopic (exact) mass is 395 g/mol. The van der Waals surface area contributed by atoms with Crippen LogP contribution in [0.25, 0.3) is 22.2 Å². The number of furan rings is 1. The SMILES string of the molecule is Cc1occc1-c1nnc(SCC(O)COc2ccc3ccccc3c2)n1C. The second kappa shape index (κ2) is 8.08. The fourth-order valence-electron chi connectivity index (χ4n) is 2.96. The summed E-state index contributed by atoms with van der Waals surface area (Å²) in [7, 11) is 1.90. The summed E-state index contributed by atoms with van der Waals surface area (Å²) in [6.07, 6.45) is 1.02. The summed E-state index contributed by atoms with van der Waals surface area (Å²) in [6.45, 7) is 2.11. The largest absolute Gasteiger partial charge is 0.491 e. The first-order chi connectivity index (χ1) is 13.6. The van der Waals surface area contributed by atoms with Gasteiger partial charge in [-0.05, 0) is 35.9 Å². The van der Waals surface area contributed by atoms with Crippen molar-refractivity contribution in [2.75, 3.05) is 12.4 Å². The van der Waals surface area contributed by atoms with Crippen molar-refractivity contribution in [3.05, 3.63) is 60.6 Å². The number of fused-ring (bicyclic) bond motifs is 1. The van der Waals surface area contributed by atoms with E-state index in [1.807, 2.05) is 61.0 Å². The normalized spacial score (nSPS) is 12.4. The minimum absolute atomic E-state index is 0.219. The molecule has 0 aliphatic carbocycles. The standard InChI is InChI=1S/C21H21N3O3S/c1-14-19(9-10-26-14)20-22-23-21(24(20)2)28-13-17(25)12-27-18-8-7-15-5-3-4-6-16(15)11-18/h3-11,17,25H,12-13H2,1-2H3. The van der Waals surface area contributed by atoms with Crippen molar-refractivity contribution in [3.63, 3.8) is 0 Å². The molecule has 4 aromatic rings. The van der Waals surface area contributed by atoms with E-state index in [0.29, 0.717) is 5.75 Å². The quantitative estimate of drug-likeness (QED) is 0.476. The number of aromatic nitrogens is 3. The Balaban J connectivity index is 1.34. The Morgan fingerprint density at radius 1 is 1.14 bits per heavy atom. The first-order valence-corrected chi connectivity index (χ1v) is 9.96. The molecule has 0 aliphatic heterocycles. The Morgan fingerprint density at radius 3 is 2.75 bits per heavy atom. The molecule has 6 nitrogen and oxygen atoms in total. The van der Waals surface area contributed by atoms with Gasteiger partial charge in [0.15, 0.2) is 11.0 Å². The van der Waals surface area contributed by atoms with Crippen molar-refractivity contribution in [2.45, 2.75) is 18.2 Å². The molecule has 0 amide bonds. The lowest BCUT2D eigenvalue weighted by atomic mass is 10.1. The van der Waals surface area contributed by atoms with Crippen molar-refractivity contribution in [3.8, 4) is 17.1 Å². The number of thioether (sulfide) groups is 1. The van der Waals surface area contributed by atoms with Gasteiger partial charge in [-0.1, -0.05) is 42.1 Å². The van der Waals surface area contributed by atoms with Crippen LogP contribution in [-0.2, 0) is 7.05 Å². The molecule has 0 spiro atoms. The molecule has 2 aromatic carbocycles. The van der Waals surface area contributed by atoms with Gasteiger partial charge < -0.3 is 18.8 Å².